The van der Waals surface area contributed by atoms with Crippen LogP contribution in [-0.4, -0.2) is 16.8 Å². The fourth-order valence-corrected chi connectivity index (χ4v) is 5.05. The number of halogens is 2. The van der Waals surface area contributed by atoms with Gasteiger partial charge < -0.3 is 20.2 Å². The number of thiophene rings is 1. The molecule has 7 nitrogen and oxygen atoms in total. The number of alkyl halides is 2. The minimum Gasteiger partial charge on any atom is -0.485 e. The second kappa shape index (κ2) is 9.34. The lowest BCUT2D eigenvalue weighted by Gasteiger charge is -2.10. The topological polar surface area (TPSA) is 107 Å². The van der Waals surface area contributed by atoms with Crippen molar-refractivity contribution < 1.29 is 27.5 Å². The largest absolute Gasteiger partial charge is 0.485 e. The van der Waals surface area contributed by atoms with E-state index in [2.05, 4.69) is 10.3 Å². The SMILES string of the molecule is Cc1ccc(C)c(OCc2ccc(C(=O)Nc3c(C(N)=O)sc4nc(C(F)F)cc(C5CC5)c34)o2)c1. The molecule has 1 aromatic carbocycles. The number of carbonyl (C=O) groups excluding carboxylic acids is 2. The van der Waals surface area contributed by atoms with Gasteiger partial charge in [0.05, 0.1) is 5.69 Å². The highest BCUT2D eigenvalue weighted by molar-refractivity contribution is 7.21. The zero-order valence-electron chi connectivity index (χ0n) is 19.6. The van der Waals surface area contributed by atoms with Crippen LogP contribution in [0.15, 0.2) is 40.8 Å². The zero-order valence-corrected chi connectivity index (χ0v) is 20.4. The number of aromatic nitrogens is 1. The Kier molecular flexibility index (Phi) is 6.21. The summed E-state index contributed by atoms with van der Waals surface area (Å²) in [5.74, 6) is -0.152. The molecule has 4 aromatic rings. The van der Waals surface area contributed by atoms with Crippen LogP contribution in [0.3, 0.4) is 0 Å². The first kappa shape index (κ1) is 23.9. The molecule has 5 rings (SSSR count). The number of pyridine rings is 1. The van der Waals surface area contributed by atoms with E-state index in [9.17, 15) is 18.4 Å². The quantitative estimate of drug-likeness (QED) is 0.291. The molecule has 0 saturated heterocycles. The molecule has 0 aliphatic heterocycles. The predicted octanol–water partition coefficient (Wildman–Crippen LogP) is 6.25. The maximum atomic E-state index is 13.4. The number of nitrogens with two attached hydrogens (primary N) is 1. The summed E-state index contributed by atoms with van der Waals surface area (Å²) in [4.78, 5) is 29.5. The number of benzene rings is 1. The Balaban J connectivity index is 1.42. The molecule has 0 atom stereocenters. The molecule has 3 N–H and O–H groups in total. The van der Waals surface area contributed by atoms with Gasteiger partial charge in [0, 0.05) is 5.39 Å². The number of furan rings is 1. The van der Waals surface area contributed by atoms with Gasteiger partial charge in [0.15, 0.2) is 5.76 Å². The summed E-state index contributed by atoms with van der Waals surface area (Å²) in [6, 6.07) is 10.4. The van der Waals surface area contributed by atoms with Gasteiger partial charge in [0.1, 0.15) is 33.5 Å². The lowest BCUT2D eigenvalue weighted by atomic mass is 10.0. The molecule has 36 heavy (non-hydrogen) atoms. The van der Waals surface area contributed by atoms with E-state index in [1.165, 1.54) is 12.1 Å². The number of hydrogen-bond donors (Lipinski definition) is 2. The lowest BCUT2D eigenvalue weighted by molar-refractivity contribution is 0.0992. The van der Waals surface area contributed by atoms with E-state index in [-0.39, 0.29) is 39.4 Å². The number of primary amides is 1. The maximum absolute atomic E-state index is 13.4. The Morgan fingerprint density at radius 2 is 2.00 bits per heavy atom. The molecule has 1 aliphatic rings. The number of ether oxygens (including phenoxy) is 1. The first-order chi connectivity index (χ1) is 17.2. The number of nitrogens with zero attached hydrogens (tertiary/aromatic N) is 1. The Labute approximate surface area is 209 Å². The lowest BCUT2D eigenvalue weighted by Crippen LogP contribution is -2.16. The highest BCUT2D eigenvalue weighted by Crippen LogP contribution is 2.48. The summed E-state index contributed by atoms with van der Waals surface area (Å²) in [7, 11) is 0. The number of anilines is 1. The van der Waals surface area contributed by atoms with Crippen LogP contribution in [0.1, 0.15) is 73.6 Å². The highest BCUT2D eigenvalue weighted by atomic mass is 32.1. The van der Waals surface area contributed by atoms with Crippen molar-refractivity contribution in [2.75, 3.05) is 5.32 Å². The van der Waals surface area contributed by atoms with Crippen LogP contribution < -0.4 is 15.8 Å². The van der Waals surface area contributed by atoms with Gasteiger partial charge >= 0.3 is 0 Å². The second-order valence-electron chi connectivity index (χ2n) is 8.84. The number of carbonyl (C=O) groups is 2. The van der Waals surface area contributed by atoms with Gasteiger partial charge in [-0.2, -0.15) is 0 Å². The van der Waals surface area contributed by atoms with Gasteiger partial charge in [-0.25, -0.2) is 13.8 Å². The minimum absolute atomic E-state index is 0.00877. The van der Waals surface area contributed by atoms with E-state index in [0.717, 1.165) is 41.1 Å². The van der Waals surface area contributed by atoms with Crippen LogP contribution in [0.5, 0.6) is 5.75 Å². The molecule has 0 spiro atoms. The number of nitrogens with one attached hydrogen (secondary N) is 1. The van der Waals surface area contributed by atoms with Gasteiger partial charge in [-0.05, 0) is 73.6 Å². The molecule has 0 unspecified atom stereocenters. The van der Waals surface area contributed by atoms with Crippen molar-refractivity contribution in [2.24, 2.45) is 5.73 Å². The van der Waals surface area contributed by atoms with E-state index >= 15 is 0 Å². The number of fused-ring (bicyclic) bond motifs is 1. The van der Waals surface area contributed by atoms with Crippen LogP contribution in [0.4, 0.5) is 14.5 Å². The molecular weight excluding hydrogens is 488 g/mol. The van der Waals surface area contributed by atoms with Crippen molar-refractivity contribution in [3.05, 3.63) is 75.2 Å². The fraction of sp³-hybridized carbons (Fsp3) is 0.269. The Bertz CT molecular complexity index is 1490. The average molecular weight is 512 g/mol. The Hall–Kier alpha value is -3.79. The summed E-state index contributed by atoms with van der Waals surface area (Å²) in [6.45, 7) is 4.03. The summed E-state index contributed by atoms with van der Waals surface area (Å²) >= 11 is 0.889. The van der Waals surface area contributed by atoms with Crippen LogP contribution in [0, 0.1) is 13.8 Å². The van der Waals surface area contributed by atoms with E-state index in [1.807, 2.05) is 32.0 Å². The Morgan fingerprint density at radius 3 is 2.69 bits per heavy atom. The zero-order chi connectivity index (χ0) is 25.6. The third kappa shape index (κ3) is 4.68. The van der Waals surface area contributed by atoms with Gasteiger partial charge in [-0.3, -0.25) is 9.59 Å². The third-order valence-corrected chi connectivity index (χ3v) is 7.11. The van der Waals surface area contributed by atoms with Crippen molar-refractivity contribution in [3.63, 3.8) is 0 Å². The van der Waals surface area contributed by atoms with Gasteiger partial charge in [-0.1, -0.05) is 12.1 Å². The molecule has 0 radical (unpaired) electrons. The predicted molar refractivity (Wildman–Crippen MR) is 132 cm³/mol. The van der Waals surface area contributed by atoms with Crippen molar-refractivity contribution in [1.29, 1.82) is 0 Å². The van der Waals surface area contributed by atoms with E-state index in [0.29, 0.717) is 16.7 Å². The molecule has 1 fully saturated rings. The molecule has 1 saturated carbocycles. The molecular formula is C26H23F2N3O4S. The smallest absolute Gasteiger partial charge is 0.291 e. The fourth-order valence-electron chi connectivity index (χ4n) is 4.03. The van der Waals surface area contributed by atoms with E-state index < -0.39 is 18.2 Å². The number of amides is 2. The van der Waals surface area contributed by atoms with Gasteiger partial charge in [0.2, 0.25) is 0 Å². The van der Waals surface area contributed by atoms with Crippen molar-refractivity contribution in [3.8, 4) is 5.75 Å². The molecule has 1 aliphatic carbocycles. The molecule has 3 aromatic heterocycles. The summed E-state index contributed by atoms with van der Waals surface area (Å²) in [5.41, 5.74) is 8.04. The minimum atomic E-state index is -2.75. The molecule has 186 valence electrons. The highest BCUT2D eigenvalue weighted by Gasteiger charge is 2.32. The number of hydrogen-bond acceptors (Lipinski definition) is 6. The van der Waals surface area contributed by atoms with Crippen LogP contribution in [0.25, 0.3) is 10.2 Å². The Morgan fingerprint density at radius 1 is 1.22 bits per heavy atom. The van der Waals surface area contributed by atoms with Gasteiger partial charge in [-0.15, -0.1) is 11.3 Å². The van der Waals surface area contributed by atoms with Gasteiger partial charge in [0.25, 0.3) is 18.2 Å². The van der Waals surface area contributed by atoms with Crippen LogP contribution in [-0.2, 0) is 6.61 Å². The first-order valence-electron chi connectivity index (χ1n) is 11.4. The van der Waals surface area contributed by atoms with E-state index in [4.69, 9.17) is 14.9 Å². The number of aryl methyl sites for hydroxylation is 2. The average Bonchev–Trinajstić information content (AvgIpc) is 3.46. The summed E-state index contributed by atoms with van der Waals surface area (Å²) in [5, 5.41) is 3.19. The van der Waals surface area contributed by atoms with Crippen LogP contribution in [0.2, 0.25) is 0 Å². The first-order valence-corrected chi connectivity index (χ1v) is 12.2. The number of rotatable bonds is 8. The normalized spacial score (nSPS) is 13.4. The standard InChI is InChI=1S/C26H23F2N3O4S/c1-12-3-4-13(2)19(9-12)34-11-15-7-8-18(35-15)25(33)31-21-20-16(14-5-6-14)10-17(23(27)28)30-26(20)36-22(21)24(29)32/h3-4,7-10,14,23H,5-6,11H2,1-2H3,(H2,29,32)(H,31,33). The molecule has 3 heterocycles. The molecule has 10 heteroatoms. The molecule has 2 amide bonds. The van der Waals surface area contributed by atoms with E-state index in [1.54, 1.807) is 6.07 Å². The van der Waals surface area contributed by atoms with Crippen molar-refractivity contribution >= 4 is 39.1 Å². The summed E-state index contributed by atoms with van der Waals surface area (Å²) in [6.07, 6.45) is -1.09. The third-order valence-electron chi connectivity index (χ3n) is 6.01. The second-order valence-corrected chi connectivity index (χ2v) is 9.84. The van der Waals surface area contributed by atoms with Crippen molar-refractivity contribution in [2.45, 2.75) is 45.6 Å². The van der Waals surface area contributed by atoms with Crippen LogP contribution >= 0.6 is 11.3 Å². The molecule has 0 bridgehead atoms. The monoisotopic (exact) mass is 511 g/mol. The maximum Gasteiger partial charge on any atom is 0.291 e. The summed E-state index contributed by atoms with van der Waals surface area (Å²) < 4.78 is 38.4. The van der Waals surface area contributed by atoms with Crippen molar-refractivity contribution in [1.82, 2.24) is 4.98 Å².